The molecule has 1 atom stereocenters. The maximum absolute atomic E-state index is 12.3. The fourth-order valence-electron chi connectivity index (χ4n) is 2.38. The largest absolute Gasteiger partial charge is 0.384 e. The van der Waals surface area contributed by atoms with Gasteiger partial charge in [-0.2, -0.15) is 0 Å². The van der Waals surface area contributed by atoms with Crippen molar-refractivity contribution >= 4 is 23.2 Å². The fourth-order valence-corrected chi connectivity index (χ4v) is 2.56. The summed E-state index contributed by atoms with van der Waals surface area (Å²) in [6.45, 7) is 0. The van der Waals surface area contributed by atoms with E-state index in [9.17, 15) is 9.90 Å². The Bertz CT molecular complexity index is 839. The highest BCUT2D eigenvalue weighted by atomic mass is 35.5. The molecule has 0 unspecified atom stereocenters. The van der Waals surface area contributed by atoms with Crippen molar-refractivity contribution in [3.8, 4) is 0 Å². The Balaban J connectivity index is 1.93. The van der Waals surface area contributed by atoms with E-state index in [4.69, 9.17) is 11.6 Å². The number of aromatic nitrogens is 1. The van der Waals surface area contributed by atoms with Crippen molar-refractivity contribution in [2.75, 3.05) is 5.32 Å². The van der Waals surface area contributed by atoms with E-state index in [1.165, 1.54) is 6.20 Å². The minimum atomic E-state index is -0.894. The molecule has 0 saturated heterocycles. The molecule has 1 aromatic heterocycles. The summed E-state index contributed by atoms with van der Waals surface area (Å²) >= 11 is 6.07. The van der Waals surface area contributed by atoms with Crippen molar-refractivity contribution < 1.29 is 9.90 Å². The molecule has 0 radical (unpaired) electrons. The lowest BCUT2D eigenvalue weighted by atomic mass is 9.99. The van der Waals surface area contributed by atoms with E-state index in [0.717, 1.165) is 5.56 Å². The summed E-state index contributed by atoms with van der Waals surface area (Å²) in [5, 5.41) is 14.0. The van der Waals surface area contributed by atoms with Gasteiger partial charge in [-0.25, -0.2) is 0 Å². The number of nitrogens with one attached hydrogen (secondary N) is 1. The lowest BCUT2D eigenvalue weighted by Gasteiger charge is -2.17. The number of nitrogens with zero attached hydrogens (tertiary/aromatic N) is 1. The number of carbonyl (C=O) groups excluding carboxylic acids is 1. The lowest BCUT2D eigenvalue weighted by molar-refractivity contribution is 0.102. The number of hydrogen-bond acceptors (Lipinski definition) is 3. The third-order valence-electron chi connectivity index (χ3n) is 3.60. The van der Waals surface area contributed by atoms with Crippen molar-refractivity contribution in [3.05, 3.63) is 94.8 Å². The van der Waals surface area contributed by atoms with Crippen LogP contribution in [0.25, 0.3) is 0 Å². The van der Waals surface area contributed by atoms with Gasteiger partial charge in [0.15, 0.2) is 0 Å². The van der Waals surface area contributed by atoms with Gasteiger partial charge in [0.1, 0.15) is 6.10 Å². The normalized spacial score (nSPS) is 11.8. The van der Waals surface area contributed by atoms with Gasteiger partial charge < -0.3 is 10.4 Å². The topological polar surface area (TPSA) is 62.2 Å². The Labute approximate surface area is 144 Å². The molecular weight excluding hydrogens is 324 g/mol. The predicted molar refractivity (Wildman–Crippen MR) is 94.1 cm³/mol. The zero-order valence-electron chi connectivity index (χ0n) is 12.7. The van der Waals surface area contributed by atoms with Gasteiger partial charge in [0, 0.05) is 28.7 Å². The lowest BCUT2D eigenvalue weighted by Crippen LogP contribution is -2.15. The Morgan fingerprint density at radius 1 is 1.08 bits per heavy atom. The van der Waals surface area contributed by atoms with Crippen LogP contribution in [-0.4, -0.2) is 16.0 Å². The van der Waals surface area contributed by atoms with Crippen LogP contribution in [0.4, 0.5) is 5.69 Å². The van der Waals surface area contributed by atoms with E-state index in [0.29, 0.717) is 21.8 Å². The molecule has 2 aromatic carbocycles. The molecule has 1 amide bonds. The zero-order valence-corrected chi connectivity index (χ0v) is 13.4. The summed E-state index contributed by atoms with van der Waals surface area (Å²) in [4.78, 5) is 16.3. The first-order valence-corrected chi connectivity index (χ1v) is 7.77. The molecule has 3 rings (SSSR count). The van der Waals surface area contributed by atoms with Gasteiger partial charge in [0.25, 0.3) is 5.91 Å². The van der Waals surface area contributed by atoms with Crippen LogP contribution in [0, 0.1) is 0 Å². The van der Waals surface area contributed by atoms with E-state index in [-0.39, 0.29) is 5.91 Å². The molecule has 1 heterocycles. The molecule has 0 bridgehead atoms. The quantitative estimate of drug-likeness (QED) is 0.753. The third-order valence-corrected chi connectivity index (χ3v) is 3.83. The minimum Gasteiger partial charge on any atom is -0.384 e. The second kappa shape index (κ2) is 7.25. The Hall–Kier alpha value is -2.69. The number of aliphatic hydroxyl groups is 1. The van der Waals surface area contributed by atoms with Gasteiger partial charge >= 0.3 is 0 Å². The fraction of sp³-hybridized carbons (Fsp3) is 0.0526. The summed E-state index contributed by atoms with van der Waals surface area (Å²) in [6.07, 6.45) is 2.19. The average molecular weight is 339 g/mol. The molecule has 0 spiro atoms. The number of carbonyl (C=O) groups is 1. The SMILES string of the molecule is O=C(Nc1ccc(Cl)cc1[C@@H](O)c1ccccc1)c1cccnc1. The second-order valence-electron chi connectivity index (χ2n) is 5.24. The van der Waals surface area contributed by atoms with Crippen LogP contribution in [0.5, 0.6) is 0 Å². The number of pyridine rings is 1. The van der Waals surface area contributed by atoms with E-state index in [1.54, 1.807) is 36.5 Å². The van der Waals surface area contributed by atoms with E-state index in [2.05, 4.69) is 10.3 Å². The highest BCUT2D eigenvalue weighted by Gasteiger charge is 2.17. The number of hydrogen-bond donors (Lipinski definition) is 2. The first kappa shape index (κ1) is 16.2. The molecule has 0 aliphatic rings. The summed E-state index contributed by atoms with van der Waals surface area (Å²) in [5.74, 6) is -0.299. The molecule has 120 valence electrons. The van der Waals surface area contributed by atoms with Crippen molar-refractivity contribution in [2.24, 2.45) is 0 Å². The van der Waals surface area contributed by atoms with Gasteiger partial charge in [0.2, 0.25) is 0 Å². The van der Waals surface area contributed by atoms with Crippen molar-refractivity contribution in [1.29, 1.82) is 0 Å². The number of rotatable bonds is 4. The van der Waals surface area contributed by atoms with Crippen LogP contribution in [0.1, 0.15) is 27.6 Å². The monoisotopic (exact) mass is 338 g/mol. The first-order valence-electron chi connectivity index (χ1n) is 7.39. The molecule has 0 saturated carbocycles. The number of halogens is 1. The van der Waals surface area contributed by atoms with Crippen LogP contribution >= 0.6 is 11.6 Å². The van der Waals surface area contributed by atoms with Crippen molar-refractivity contribution in [1.82, 2.24) is 4.98 Å². The Morgan fingerprint density at radius 2 is 1.88 bits per heavy atom. The maximum atomic E-state index is 12.3. The van der Waals surface area contributed by atoms with E-state index < -0.39 is 6.10 Å². The maximum Gasteiger partial charge on any atom is 0.257 e. The molecule has 3 aromatic rings. The van der Waals surface area contributed by atoms with Gasteiger partial charge in [-0.15, -0.1) is 0 Å². The number of benzene rings is 2. The highest BCUT2D eigenvalue weighted by molar-refractivity contribution is 6.30. The number of anilines is 1. The van der Waals surface area contributed by atoms with Crippen LogP contribution in [0.2, 0.25) is 5.02 Å². The molecule has 4 nitrogen and oxygen atoms in total. The Kier molecular flexibility index (Phi) is 4.89. The van der Waals surface area contributed by atoms with Gasteiger partial charge in [-0.1, -0.05) is 41.9 Å². The summed E-state index contributed by atoms with van der Waals surface area (Å²) in [7, 11) is 0. The molecule has 24 heavy (non-hydrogen) atoms. The van der Waals surface area contributed by atoms with Crippen LogP contribution in [-0.2, 0) is 0 Å². The summed E-state index contributed by atoms with van der Waals surface area (Å²) < 4.78 is 0. The van der Waals surface area contributed by atoms with E-state index in [1.807, 2.05) is 30.3 Å². The molecule has 2 N–H and O–H groups in total. The highest BCUT2D eigenvalue weighted by Crippen LogP contribution is 2.31. The van der Waals surface area contributed by atoms with Crippen molar-refractivity contribution in [2.45, 2.75) is 6.10 Å². The predicted octanol–water partition coefficient (Wildman–Crippen LogP) is 4.07. The molecule has 0 aliphatic heterocycles. The van der Waals surface area contributed by atoms with Crippen LogP contribution in [0.15, 0.2) is 73.1 Å². The zero-order chi connectivity index (χ0) is 16.9. The van der Waals surface area contributed by atoms with Gasteiger partial charge in [0.05, 0.1) is 5.56 Å². The van der Waals surface area contributed by atoms with Crippen LogP contribution < -0.4 is 5.32 Å². The first-order chi connectivity index (χ1) is 11.6. The molecule has 0 aliphatic carbocycles. The van der Waals surface area contributed by atoms with E-state index >= 15 is 0 Å². The third kappa shape index (κ3) is 3.62. The summed E-state index contributed by atoms with van der Waals surface area (Å²) in [5.41, 5.74) is 2.19. The number of amides is 1. The molecular formula is C19H15ClN2O2. The average Bonchev–Trinajstić information content (AvgIpc) is 2.64. The molecule has 0 fully saturated rings. The second-order valence-corrected chi connectivity index (χ2v) is 5.68. The molecule has 5 heteroatoms. The van der Waals surface area contributed by atoms with Crippen molar-refractivity contribution in [3.63, 3.8) is 0 Å². The smallest absolute Gasteiger partial charge is 0.257 e. The van der Waals surface area contributed by atoms with Crippen LogP contribution in [0.3, 0.4) is 0 Å². The number of aliphatic hydroxyl groups excluding tert-OH is 1. The standard InChI is InChI=1S/C19H15ClN2O2/c20-15-8-9-17(22-19(24)14-7-4-10-21-12-14)16(11-15)18(23)13-5-2-1-3-6-13/h1-12,18,23H,(H,22,24)/t18-/m0/s1. The summed E-state index contributed by atoms with van der Waals surface area (Å²) in [6, 6.07) is 17.6. The van der Waals surface area contributed by atoms with Gasteiger partial charge in [-0.3, -0.25) is 9.78 Å². The Morgan fingerprint density at radius 3 is 2.58 bits per heavy atom. The minimum absolute atomic E-state index is 0.299. The van der Waals surface area contributed by atoms with Gasteiger partial charge in [-0.05, 0) is 35.9 Å².